The van der Waals surface area contributed by atoms with Crippen LogP contribution in [0.2, 0.25) is 0 Å². The normalized spacial score (nSPS) is 31.5. The fourth-order valence-corrected chi connectivity index (χ4v) is 3.53. The predicted molar refractivity (Wildman–Crippen MR) is 78.3 cm³/mol. The lowest BCUT2D eigenvalue weighted by atomic mass is 9.89. The molecule has 2 saturated heterocycles. The number of hydrogen-bond donors (Lipinski definition) is 0. The van der Waals surface area contributed by atoms with Gasteiger partial charge >= 0.3 is 6.01 Å². The molecule has 0 aromatic carbocycles. The zero-order chi connectivity index (χ0) is 15.0. The molecule has 22 heavy (non-hydrogen) atoms. The Morgan fingerprint density at radius 3 is 2.95 bits per heavy atom. The lowest BCUT2D eigenvalue weighted by Crippen LogP contribution is -2.50. The van der Waals surface area contributed by atoms with Crippen LogP contribution in [0.25, 0.3) is 0 Å². The predicted octanol–water partition coefficient (Wildman–Crippen LogP) is 1.42. The summed E-state index contributed by atoms with van der Waals surface area (Å²) in [5.41, 5.74) is -0.234. The van der Waals surface area contributed by atoms with Crippen LogP contribution in [0.5, 0.6) is 6.01 Å². The Bertz CT molecular complexity index is 549. The summed E-state index contributed by atoms with van der Waals surface area (Å²) in [4.78, 5) is 22.5. The zero-order valence-corrected chi connectivity index (χ0v) is 12.6. The maximum Gasteiger partial charge on any atom is 0.316 e. The third kappa shape index (κ3) is 2.79. The second-order valence-electron chi connectivity index (χ2n) is 6.61. The molecule has 3 fully saturated rings. The highest BCUT2D eigenvalue weighted by atomic mass is 16.6. The topological polar surface area (TPSA) is 64.6 Å². The Hall–Kier alpha value is -1.69. The number of hydrogen-bond acceptors (Lipinski definition) is 5. The van der Waals surface area contributed by atoms with Gasteiger partial charge in [0.15, 0.2) is 0 Å². The first-order chi connectivity index (χ1) is 10.7. The largest absolute Gasteiger partial charge is 0.458 e. The van der Waals surface area contributed by atoms with Gasteiger partial charge in [-0.3, -0.25) is 4.79 Å². The maximum absolute atomic E-state index is 12.3. The van der Waals surface area contributed by atoms with E-state index in [1.54, 1.807) is 18.5 Å². The number of ether oxygens (including phenoxy) is 2. The smallest absolute Gasteiger partial charge is 0.316 e. The number of aromatic nitrogens is 2. The van der Waals surface area contributed by atoms with E-state index >= 15 is 0 Å². The lowest BCUT2D eigenvalue weighted by Gasteiger charge is -2.39. The summed E-state index contributed by atoms with van der Waals surface area (Å²) in [6.07, 6.45) is 8.23. The zero-order valence-electron chi connectivity index (χ0n) is 12.6. The molecule has 3 aliphatic rings. The highest BCUT2D eigenvalue weighted by molar-refractivity contribution is 5.81. The van der Waals surface area contributed by atoms with Crippen molar-refractivity contribution >= 4 is 5.91 Å². The van der Waals surface area contributed by atoms with Gasteiger partial charge in [0.25, 0.3) is 0 Å². The van der Waals surface area contributed by atoms with Gasteiger partial charge in [-0.05, 0) is 31.7 Å². The van der Waals surface area contributed by atoms with Gasteiger partial charge in [-0.1, -0.05) is 0 Å². The van der Waals surface area contributed by atoms with Crippen molar-refractivity contribution in [3.63, 3.8) is 0 Å². The highest BCUT2D eigenvalue weighted by Gasteiger charge is 2.47. The minimum absolute atomic E-state index is 0.0293. The van der Waals surface area contributed by atoms with Crippen molar-refractivity contribution in [2.75, 3.05) is 19.7 Å². The Balaban J connectivity index is 1.39. The average Bonchev–Trinajstić information content (AvgIpc) is 3.33. The molecule has 1 aromatic rings. The molecule has 1 spiro atoms. The first kappa shape index (κ1) is 13.9. The van der Waals surface area contributed by atoms with E-state index in [1.807, 2.05) is 4.90 Å². The maximum atomic E-state index is 12.3. The van der Waals surface area contributed by atoms with Crippen LogP contribution in [-0.4, -0.2) is 52.2 Å². The molecule has 1 aromatic heterocycles. The molecular formula is C16H21N3O3. The number of nitrogens with zero attached hydrogens (tertiary/aromatic N) is 3. The van der Waals surface area contributed by atoms with E-state index in [4.69, 9.17) is 9.47 Å². The van der Waals surface area contributed by atoms with Crippen molar-refractivity contribution in [1.29, 1.82) is 0 Å². The fraction of sp³-hybridized carbons (Fsp3) is 0.688. The molecule has 2 unspecified atom stereocenters. The highest BCUT2D eigenvalue weighted by Crippen LogP contribution is 2.38. The molecule has 4 rings (SSSR count). The van der Waals surface area contributed by atoms with E-state index in [9.17, 15) is 4.79 Å². The molecule has 2 atom stereocenters. The van der Waals surface area contributed by atoms with Gasteiger partial charge in [0, 0.05) is 37.8 Å². The fourth-order valence-electron chi connectivity index (χ4n) is 3.53. The molecule has 0 bridgehead atoms. The summed E-state index contributed by atoms with van der Waals surface area (Å²) < 4.78 is 11.9. The Morgan fingerprint density at radius 1 is 1.36 bits per heavy atom. The van der Waals surface area contributed by atoms with Gasteiger partial charge in [-0.25, -0.2) is 9.97 Å². The van der Waals surface area contributed by atoms with Crippen LogP contribution in [0.3, 0.4) is 0 Å². The summed E-state index contributed by atoms with van der Waals surface area (Å²) in [6, 6.07) is 2.16. The minimum Gasteiger partial charge on any atom is -0.458 e. The number of carbonyl (C=O) groups is 1. The van der Waals surface area contributed by atoms with Crippen molar-refractivity contribution in [2.45, 2.75) is 43.8 Å². The summed E-state index contributed by atoms with van der Waals surface area (Å²) >= 11 is 0. The van der Waals surface area contributed by atoms with E-state index in [1.165, 1.54) is 0 Å². The molecule has 0 N–H and O–H groups in total. The number of rotatable bonds is 3. The molecule has 118 valence electrons. The van der Waals surface area contributed by atoms with Crippen molar-refractivity contribution in [3.8, 4) is 6.01 Å². The van der Waals surface area contributed by atoms with Crippen molar-refractivity contribution in [2.24, 2.45) is 5.92 Å². The van der Waals surface area contributed by atoms with Crippen LogP contribution < -0.4 is 4.74 Å². The third-order valence-electron chi connectivity index (χ3n) is 4.77. The van der Waals surface area contributed by atoms with Crippen molar-refractivity contribution in [1.82, 2.24) is 14.9 Å². The molecule has 1 aliphatic carbocycles. The van der Waals surface area contributed by atoms with Gasteiger partial charge in [0.2, 0.25) is 5.91 Å². The lowest BCUT2D eigenvalue weighted by molar-refractivity contribution is -0.140. The summed E-state index contributed by atoms with van der Waals surface area (Å²) in [7, 11) is 0. The van der Waals surface area contributed by atoms with Crippen LogP contribution in [0.15, 0.2) is 18.5 Å². The summed E-state index contributed by atoms with van der Waals surface area (Å²) in [6.45, 7) is 2.12. The van der Waals surface area contributed by atoms with E-state index in [0.717, 1.165) is 38.6 Å². The van der Waals surface area contributed by atoms with Gasteiger partial charge in [0.1, 0.15) is 6.10 Å². The standard InChI is InChI=1S/C16H21N3O3/c20-14(12-3-4-12)19-8-1-5-16(11-19)9-13(10-21-16)22-15-17-6-2-7-18-15/h2,6-7,12-13H,1,3-5,8-11H2. The van der Waals surface area contributed by atoms with E-state index in [0.29, 0.717) is 25.1 Å². The second-order valence-corrected chi connectivity index (χ2v) is 6.61. The molecular weight excluding hydrogens is 282 g/mol. The SMILES string of the molecule is O=C(C1CC1)N1CCCC2(CC(Oc3ncccn3)CO2)C1. The molecule has 3 heterocycles. The molecule has 1 amide bonds. The van der Waals surface area contributed by atoms with E-state index in [-0.39, 0.29) is 17.6 Å². The number of likely N-dealkylation sites (tertiary alicyclic amines) is 1. The van der Waals surface area contributed by atoms with Gasteiger partial charge < -0.3 is 14.4 Å². The Kier molecular flexibility index (Phi) is 3.48. The van der Waals surface area contributed by atoms with E-state index < -0.39 is 0 Å². The van der Waals surface area contributed by atoms with Crippen LogP contribution in [-0.2, 0) is 9.53 Å². The quantitative estimate of drug-likeness (QED) is 0.845. The molecule has 2 aliphatic heterocycles. The molecule has 6 nitrogen and oxygen atoms in total. The van der Waals surface area contributed by atoms with Crippen LogP contribution in [0.4, 0.5) is 0 Å². The van der Waals surface area contributed by atoms with Gasteiger partial charge in [-0.15, -0.1) is 0 Å². The van der Waals surface area contributed by atoms with E-state index in [2.05, 4.69) is 9.97 Å². The van der Waals surface area contributed by atoms with Crippen LogP contribution in [0.1, 0.15) is 32.1 Å². The van der Waals surface area contributed by atoms with Crippen molar-refractivity contribution < 1.29 is 14.3 Å². The van der Waals surface area contributed by atoms with Gasteiger partial charge in [0.05, 0.1) is 12.2 Å². The van der Waals surface area contributed by atoms with Gasteiger partial charge in [-0.2, -0.15) is 0 Å². The van der Waals surface area contributed by atoms with Crippen LogP contribution in [0, 0.1) is 5.92 Å². The Labute approximate surface area is 129 Å². The minimum atomic E-state index is -0.234. The Morgan fingerprint density at radius 2 is 2.18 bits per heavy atom. The molecule has 0 radical (unpaired) electrons. The number of carbonyl (C=O) groups excluding carboxylic acids is 1. The first-order valence-corrected chi connectivity index (χ1v) is 8.11. The monoisotopic (exact) mass is 303 g/mol. The third-order valence-corrected chi connectivity index (χ3v) is 4.77. The first-order valence-electron chi connectivity index (χ1n) is 8.11. The van der Waals surface area contributed by atoms with Crippen molar-refractivity contribution in [3.05, 3.63) is 18.5 Å². The molecule has 6 heteroatoms. The molecule has 1 saturated carbocycles. The summed E-state index contributed by atoms with van der Waals surface area (Å²) in [5, 5.41) is 0. The number of piperidine rings is 1. The number of amides is 1. The second kappa shape index (κ2) is 5.50. The van der Waals surface area contributed by atoms with Crippen LogP contribution >= 0.6 is 0 Å². The summed E-state index contributed by atoms with van der Waals surface area (Å²) in [5.74, 6) is 0.597. The average molecular weight is 303 g/mol.